The van der Waals surface area contributed by atoms with E-state index in [2.05, 4.69) is 9.97 Å². The second-order valence-electron chi connectivity index (χ2n) is 7.40. The van der Waals surface area contributed by atoms with E-state index in [4.69, 9.17) is 15.7 Å². The fourth-order valence-electron chi connectivity index (χ4n) is 3.71. The molecule has 156 valence electrons. The normalized spacial score (nSPS) is 19.0. The molecule has 4 rings (SSSR count). The minimum absolute atomic E-state index is 0.0200. The zero-order valence-corrected chi connectivity index (χ0v) is 16.5. The lowest BCUT2D eigenvalue weighted by Crippen LogP contribution is -2.46. The van der Waals surface area contributed by atoms with Crippen molar-refractivity contribution in [2.45, 2.75) is 31.1 Å². The number of rotatable bonds is 5. The zero-order valence-electron chi connectivity index (χ0n) is 16.5. The molecule has 3 heterocycles. The Hall–Kier alpha value is -3.95. The maximum atomic E-state index is 13.7. The molecule has 0 saturated carbocycles. The van der Waals surface area contributed by atoms with Gasteiger partial charge in [-0.2, -0.15) is 10.5 Å². The molecule has 1 aromatic carbocycles. The second kappa shape index (κ2) is 8.42. The van der Waals surface area contributed by atoms with E-state index in [1.807, 2.05) is 24.3 Å². The van der Waals surface area contributed by atoms with Crippen LogP contribution in [0.2, 0.25) is 0 Å². The first-order valence-corrected chi connectivity index (χ1v) is 9.72. The van der Waals surface area contributed by atoms with Gasteiger partial charge in [-0.15, -0.1) is 0 Å². The predicted octanol–water partition coefficient (Wildman–Crippen LogP) is 2.56. The van der Waals surface area contributed by atoms with Crippen molar-refractivity contribution in [1.29, 1.82) is 10.5 Å². The molecular weight excluding hydrogens is 399 g/mol. The van der Waals surface area contributed by atoms with E-state index in [1.54, 1.807) is 24.4 Å². The molecule has 9 heteroatoms. The zero-order chi connectivity index (χ0) is 22.0. The topological polar surface area (TPSA) is 132 Å². The van der Waals surface area contributed by atoms with Crippen LogP contribution < -0.4 is 10.5 Å². The summed E-state index contributed by atoms with van der Waals surface area (Å²) < 4.78 is 19.4. The number of nitrogens with two attached hydrogens (primary N) is 1. The number of aromatic amines is 1. The Kier molecular flexibility index (Phi) is 5.52. The average Bonchev–Trinajstić information content (AvgIpc) is 3.36. The number of carbonyl (C=O) groups excluding carboxylic acids is 1. The number of halogens is 1. The summed E-state index contributed by atoms with van der Waals surface area (Å²) in [5.41, 5.74) is 8.21. The first-order chi connectivity index (χ1) is 15.0. The largest absolute Gasteiger partial charge is 0.439 e. The Morgan fingerprint density at radius 3 is 2.94 bits per heavy atom. The van der Waals surface area contributed by atoms with Gasteiger partial charge >= 0.3 is 0 Å². The van der Waals surface area contributed by atoms with Crippen molar-refractivity contribution in [2.24, 2.45) is 5.73 Å². The third-order valence-electron chi connectivity index (χ3n) is 5.27. The summed E-state index contributed by atoms with van der Waals surface area (Å²) in [5, 5.41) is 18.9. The predicted molar refractivity (Wildman–Crippen MR) is 110 cm³/mol. The lowest BCUT2D eigenvalue weighted by molar-refractivity contribution is -0.132. The third-order valence-corrected chi connectivity index (χ3v) is 5.27. The van der Waals surface area contributed by atoms with Crippen LogP contribution in [0, 0.1) is 22.7 Å². The number of amides is 1. The van der Waals surface area contributed by atoms with Crippen LogP contribution in [0.4, 0.5) is 4.39 Å². The number of nitriles is 2. The molecule has 0 radical (unpaired) electrons. The average molecular weight is 418 g/mol. The van der Waals surface area contributed by atoms with E-state index >= 15 is 0 Å². The number of fused-ring (bicyclic) bond motifs is 1. The van der Waals surface area contributed by atoms with Gasteiger partial charge in [0, 0.05) is 35.8 Å². The minimum atomic E-state index is -1.20. The third kappa shape index (κ3) is 4.18. The van der Waals surface area contributed by atoms with Gasteiger partial charge in [-0.05, 0) is 36.2 Å². The number of benzene rings is 1. The van der Waals surface area contributed by atoms with Crippen LogP contribution in [0.5, 0.6) is 11.6 Å². The standard InChI is InChI=1S/C22H19FN6O2/c23-15-6-16(9-25)29(12-15)22(30)19(26)5-14-11-27-20-3-2-17(7-18(14)20)31-21-4-1-13(8-24)10-28-21/h1-4,7,10-11,15-16,19,27H,5-6,12,26H2/t15-,16-,19-/m0/s1. The SMILES string of the molecule is N#Cc1ccc(Oc2ccc3[nH]cc(C[C@H](N)C(=O)N4C[C@@H](F)C[C@H]4C#N)c3c2)nc1. The van der Waals surface area contributed by atoms with Gasteiger partial charge in [0.25, 0.3) is 0 Å². The van der Waals surface area contributed by atoms with Crippen LogP contribution in [-0.2, 0) is 11.2 Å². The summed E-state index contributed by atoms with van der Waals surface area (Å²) in [6.45, 7) is -0.103. The maximum absolute atomic E-state index is 13.7. The Labute approximate surface area is 177 Å². The second-order valence-corrected chi connectivity index (χ2v) is 7.40. The number of alkyl halides is 1. The van der Waals surface area contributed by atoms with Crippen molar-refractivity contribution < 1.29 is 13.9 Å². The van der Waals surface area contributed by atoms with Crippen LogP contribution in [0.1, 0.15) is 17.5 Å². The number of nitrogens with one attached hydrogen (secondary N) is 1. The highest BCUT2D eigenvalue weighted by Crippen LogP contribution is 2.28. The molecule has 3 N–H and O–H groups in total. The van der Waals surface area contributed by atoms with E-state index in [-0.39, 0.29) is 19.4 Å². The molecule has 0 spiro atoms. The summed E-state index contributed by atoms with van der Waals surface area (Å²) in [6, 6.07) is 10.9. The lowest BCUT2D eigenvalue weighted by Gasteiger charge is -2.23. The molecule has 3 atom stereocenters. The molecule has 1 saturated heterocycles. The van der Waals surface area contributed by atoms with E-state index in [0.29, 0.717) is 17.2 Å². The number of likely N-dealkylation sites (tertiary alicyclic amines) is 1. The van der Waals surface area contributed by atoms with Crippen LogP contribution in [0.15, 0.2) is 42.7 Å². The molecule has 0 unspecified atom stereocenters. The molecular formula is C22H19FN6O2. The van der Waals surface area contributed by atoms with Crippen LogP contribution in [0.3, 0.4) is 0 Å². The molecule has 31 heavy (non-hydrogen) atoms. The van der Waals surface area contributed by atoms with Crippen LogP contribution >= 0.6 is 0 Å². The summed E-state index contributed by atoms with van der Waals surface area (Å²) in [4.78, 5) is 21.2. The fraction of sp³-hybridized carbons (Fsp3) is 0.273. The summed E-state index contributed by atoms with van der Waals surface area (Å²) in [5.74, 6) is 0.449. The molecule has 1 amide bonds. The highest BCUT2D eigenvalue weighted by Gasteiger charge is 2.37. The summed E-state index contributed by atoms with van der Waals surface area (Å²) >= 11 is 0. The van der Waals surface area contributed by atoms with Crippen molar-refractivity contribution in [2.75, 3.05) is 6.54 Å². The Morgan fingerprint density at radius 2 is 2.23 bits per heavy atom. The minimum Gasteiger partial charge on any atom is -0.439 e. The number of carbonyl (C=O) groups is 1. The first-order valence-electron chi connectivity index (χ1n) is 9.72. The monoisotopic (exact) mass is 418 g/mol. The number of hydrogen-bond donors (Lipinski definition) is 2. The number of hydrogen-bond acceptors (Lipinski definition) is 6. The molecule has 3 aromatic rings. The Bertz CT molecular complexity index is 1190. The van der Waals surface area contributed by atoms with Gasteiger partial charge in [0.1, 0.15) is 24.0 Å². The van der Waals surface area contributed by atoms with Gasteiger partial charge in [-0.3, -0.25) is 4.79 Å². The smallest absolute Gasteiger partial charge is 0.241 e. The Balaban J connectivity index is 1.51. The van der Waals surface area contributed by atoms with Crippen LogP contribution in [-0.4, -0.2) is 45.6 Å². The van der Waals surface area contributed by atoms with Gasteiger partial charge in [0.15, 0.2) is 0 Å². The fourth-order valence-corrected chi connectivity index (χ4v) is 3.71. The van der Waals surface area contributed by atoms with Crippen molar-refractivity contribution in [3.8, 4) is 23.8 Å². The molecule has 2 aromatic heterocycles. The van der Waals surface area contributed by atoms with Crippen molar-refractivity contribution in [3.05, 3.63) is 53.9 Å². The van der Waals surface area contributed by atoms with Gasteiger partial charge < -0.3 is 20.4 Å². The number of H-pyrrole nitrogens is 1. The highest BCUT2D eigenvalue weighted by atomic mass is 19.1. The van der Waals surface area contributed by atoms with E-state index in [1.165, 1.54) is 11.1 Å². The quantitative estimate of drug-likeness (QED) is 0.654. The van der Waals surface area contributed by atoms with Crippen molar-refractivity contribution in [3.63, 3.8) is 0 Å². The number of pyridine rings is 1. The van der Waals surface area contributed by atoms with Crippen LogP contribution in [0.25, 0.3) is 10.9 Å². The van der Waals surface area contributed by atoms with Crippen molar-refractivity contribution >= 4 is 16.8 Å². The number of aromatic nitrogens is 2. The van der Waals surface area contributed by atoms with E-state index in [9.17, 15) is 14.4 Å². The van der Waals surface area contributed by atoms with Gasteiger partial charge in [0.2, 0.25) is 11.8 Å². The Morgan fingerprint density at radius 1 is 1.39 bits per heavy atom. The molecule has 1 aliphatic heterocycles. The molecule has 0 bridgehead atoms. The summed E-state index contributed by atoms with van der Waals surface area (Å²) in [6.07, 6.45) is 2.24. The van der Waals surface area contributed by atoms with E-state index in [0.717, 1.165) is 16.5 Å². The van der Waals surface area contributed by atoms with Gasteiger partial charge in [0.05, 0.1) is 24.2 Å². The van der Waals surface area contributed by atoms with Crippen molar-refractivity contribution in [1.82, 2.24) is 14.9 Å². The lowest BCUT2D eigenvalue weighted by atomic mass is 10.0. The number of nitrogens with zero attached hydrogens (tertiary/aromatic N) is 4. The number of ether oxygens (including phenoxy) is 1. The molecule has 0 aliphatic carbocycles. The van der Waals surface area contributed by atoms with E-state index < -0.39 is 24.2 Å². The summed E-state index contributed by atoms with van der Waals surface area (Å²) in [7, 11) is 0. The molecule has 8 nitrogen and oxygen atoms in total. The maximum Gasteiger partial charge on any atom is 0.241 e. The molecule has 1 aliphatic rings. The molecule has 1 fully saturated rings. The first kappa shape index (κ1) is 20.3. The van der Waals surface area contributed by atoms with Gasteiger partial charge in [-0.1, -0.05) is 0 Å². The highest BCUT2D eigenvalue weighted by molar-refractivity contribution is 5.87. The van der Waals surface area contributed by atoms with Gasteiger partial charge in [-0.25, -0.2) is 9.37 Å².